The molecule has 0 spiro atoms. The lowest BCUT2D eigenvalue weighted by molar-refractivity contribution is 0.280. The Morgan fingerprint density at radius 2 is 1.85 bits per heavy atom. The summed E-state index contributed by atoms with van der Waals surface area (Å²) in [6.45, 7) is 8.23. The largest absolute Gasteiger partial charge is 0.309 e. The van der Waals surface area contributed by atoms with E-state index < -0.39 is 0 Å². The van der Waals surface area contributed by atoms with E-state index >= 15 is 0 Å². The maximum atomic E-state index is 3.87. The second kappa shape index (κ2) is 7.26. The molecule has 1 N–H and O–H groups in total. The average molecular weight is 273 g/mol. The lowest BCUT2D eigenvalue weighted by Crippen LogP contribution is -2.33. The van der Waals surface area contributed by atoms with Crippen molar-refractivity contribution in [2.45, 2.75) is 65.3 Å². The van der Waals surface area contributed by atoms with Crippen LogP contribution in [0.1, 0.15) is 70.9 Å². The Morgan fingerprint density at radius 3 is 2.45 bits per heavy atom. The third-order valence-corrected chi connectivity index (χ3v) is 4.51. The van der Waals surface area contributed by atoms with Crippen molar-refractivity contribution >= 4 is 0 Å². The zero-order chi connectivity index (χ0) is 14.4. The van der Waals surface area contributed by atoms with Gasteiger partial charge in [-0.1, -0.05) is 70.4 Å². The Bertz CT molecular complexity index is 378. The van der Waals surface area contributed by atoms with Gasteiger partial charge in [-0.3, -0.25) is 0 Å². The second-order valence-corrected chi connectivity index (χ2v) is 7.23. The molecule has 0 amide bonds. The van der Waals surface area contributed by atoms with Crippen LogP contribution >= 0.6 is 0 Å². The predicted octanol–water partition coefficient (Wildman–Crippen LogP) is 5.33. The third-order valence-electron chi connectivity index (χ3n) is 4.51. The van der Waals surface area contributed by atoms with E-state index in [2.05, 4.69) is 56.4 Å². The molecule has 0 radical (unpaired) electrons. The summed E-state index contributed by atoms with van der Waals surface area (Å²) in [5.41, 5.74) is 1.89. The highest BCUT2D eigenvalue weighted by Crippen LogP contribution is 2.41. The summed E-state index contributed by atoms with van der Waals surface area (Å²) in [5, 5.41) is 3.87. The van der Waals surface area contributed by atoms with Crippen molar-refractivity contribution in [1.29, 1.82) is 0 Å². The molecule has 1 atom stereocenters. The van der Waals surface area contributed by atoms with E-state index in [-0.39, 0.29) is 0 Å². The number of hydrogen-bond donors (Lipinski definition) is 1. The Balaban J connectivity index is 1.86. The zero-order valence-corrected chi connectivity index (χ0v) is 13.5. The van der Waals surface area contributed by atoms with E-state index in [9.17, 15) is 0 Å². The lowest BCUT2D eigenvalue weighted by Gasteiger charge is -2.29. The summed E-state index contributed by atoms with van der Waals surface area (Å²) in [5.74, 6) is 0.865. The molecule has 0 aliphatic heterocycles. The maximum Gasteiger partial charge on any atom is 0.0348 e. The SMILES string of the molecule is CCCCCC(C)(C)CNC(c1ccccc1)C1CC1. The van der Waals surface area contributed by atoms with Gasteiger partial charge in [0.2, 0.25) is 0 Å². The quantitative estimate of drug-likeness (QED) is 0.599. The first-order valence-corrected chi connectivity index (χ1v) is 8.41. The van der Waals surface area contributed by atoms with E-state index in [4.69, 9.17) is 0 Å². The van der Waals surface area contributed by atoms with Gasteiger partial charge in [0.25, 0.3) is 0 Å². The van der Waals surface area contributed by atoms with Gasteiger partial charge in [-0.2, -0.15) is 0 Å². The van der Waals surface area contributed by atoms with Crippen LogP contribution in [0, 0.1) is 11.3 Å². The number of unbranched alkanes of at least 4 members (excludes halogenated alkanes) is 2. The van der Waals surface area contributed by atoms with Crippen LogP contribution in [0.5, 0.6) is 0 Å². The molecule has 1 unspecified atom stereocenters. The van der Waals surface area contributed by atoms with Crippen LogP contribution in [0.25, 0.3) is 0 Å². The minimum atomic E-state index is 0.414. The molecule has 1 heteroatoms. The number of rotatable bonds is 9. The normalized spacial score (nSPS) is 17.1. The molecule has 2 rings (SSSR count). The lowest BCUT2D eigenvalue weighted by atomic mass is 9.86. The molecule has 1 aromatic carbocycles. The summed E-state index contributed by atoms with van der Waals surface area (Å²) < 4.78 is 0. The highest BCUT2D eigenvalue weighted by atomic mass is 14.9. The molecule has 1 nitrogen and oxygen atoms in total. The highest BCUT2D eigenvalue weighted by Gasteiger charge is 2.33. The molecule has 0 aromatic heterocycles. The van der Waals surface area contributed by atoms with Gasteiger partial charge in [-0.15, -0.1) is 0 Å². The third kappa shape index (κ3) is 4.94. The van der Waals surface area contributed by atoms with Crippen LogP contribution in [0.3, 0.4) is 0 Å². The van der Waals surface area contributed by atoms with Crippen molar-refractivity contribution in [3.8, 4) is 0 Å². The minimum absolute atomic E-state index is 0.414. The second-order valence-electron chi connectivity index (χ2n) is 7.23. The molecule has 1 aromatic rings. The molecular weight excluding hydrogens is 242 g/mol. The number of nitrogens with one attached hydrogen (secondary N) is 1. The minimum Gasteiger partial charge on any atom is -0.309 e. The van der Waals surface area contributed by atoms with Gasteiger partial charge in [0.05, 0.1) is 0 Å². The fraction of sp³-hybridized carbons (Fsp3) is 0.684. The van der Waals surface area contributed by atoms with Gasteiger partial charge in [0.15, 0.2) is 0 Å². The monoisotopic (exact) mass is 273 g/mol. The van der Waals surface area contributed by atoms with Crippen molar-refractivity contribution in [3.63, 3.8) is 0 Å². The smallest absolute Gasteiger partial charge is 0.0348 e. The molecular formula is C19H31N. The molecule has 0 bridgehead atoms. The Labute approximate surface area is 125 Å². The van der Waals surface area contributed by atoms with Crippen molar-refractivity contribution in [2.75, 3.05) is 6.54 Å². The first kappa shape index (κ1) is 15.6. The standard InChI is InChI=1S/C19H31N/c1-4-5-9-14-19(2,3)15-20-18(17-12-13-17)16-10-7-6-8-11-16/h6-8,10-11,17-18,20H,4-5,9,12-15H2,1-3H3. The van der Waals surface area contributed by atoms with E-state index in [0.717, 1.165) is 12.5 Å². The average Bonchev–Trinajstić information content (AvgIpc) is 3.25. The first-order chi connectivity index (χ1) is 9.62. The van der Waals surface area contributed by atoms with Gasteiger partial charge < -0.3 is 5.32 Å². The van der Waals surface area contributed by atoms with Crippen molar-refractivity contribution in [1.82, 2.24) is 5.32 Å². The van der Waals surface area contributed by atoms with Gasteiger partial charge in [-0.05, 0) is 36.2 Å². The number of hydrogen-bond acceptors (Lipinski definition) is 1. The van der Waals surface area contributed by atoms with Crippen LogP contribution in [0.2, 0.25) is 0 Å². The van der Waals surface area contributed by atoms with Crippen LogP contribution in [-0.2, 0) is 0 Å². The topological polar surface area (TPSA) is 12.0 Å². The van der Waals surface area contributed by atoms with Gasteiger partial charge >= 0.3 is 0 Å². The van der Waals surface area contributed by atoms with Crippen molar-refractivity contribution in [2.24, 2.45) is 11.3 Å². The summed E-state index contributed by atoms with van der Waals surface area (Å²) in [7, 11) is 0. The fourth-order valence-electron chi connectivity index (χ4n) is 2.97. The van der Waals surface area contributed by atoms with Crippen LogP contribution < -0.4 is 5.32 Å². The molecule has 1 aliphatic rings. The summed E-state index contributed by atoms with van der Waals surface area (Å²) >= 11 is 0. The molecule has 20 heavy (non-hydrogen) atoms. The van der Waals surface area contributed by atoms with Crippen LogP contribution in [0.15, 0.2) is 30.3 Å². The summed E-state index contributed by atoms with van der Waals surface area (Å²) in [6, 6.07) is 11.6. The first-order valence-electron chi connectivity index (χ1n) is 8.41. The maximum absolute atomic E-state index is 3.87. The van der Waals surface area contributed by atoms with Crippen molar-refractivity contribution in [3.05, 3.63) is 35.9 Å². The zero-order valence-electron chi connectivity index (χ0n) is 13.5. The van der Waals surface area contributed by atoms with E-state index in [0.29, 0.717) is 11.5 Å². The molecule has 1 fully saturated rings. The Kier molecular flexibility index (Phi) is 5.65. The van der Waals surface area contributed by atoms with E-state index in [1.807, 2.05) is 0 Å². The van der Waals surface area contributed by atoms with Crippen LogP contribution in [-0.4, -0.2) is 6.54 Å². The van der Waals surface area contributed by atoms with Crippen LogP contribution in [0.4, 0.5) is 0 Å². The van der Waals surface area contributed by atoms with Gasteiger partial charge in [0.1, 0.15) is 0 Å². The predicted molar refractivity (Wildman–Crippen MR) is 87.8 cm³/mol. The molecule has 0 heterocycles. The highest BCUT2D eigenvalue weighted by molar-refractivity contribution is 5.21. The van der Waals surface area contributed by atoms with Gasteiger partial charge in [0, 0.05) is 12.6 Å². The van der Waals surface area contributed by atoms with Gasteiger partial charge in [-0.25, -0.2) is 0 Å². The Hall–Kier alpha value is -0.820. The van der Waals surface area contributed by atoms with E-state index in [1.54, 1.807) is 0 Å². The summed E-state index contributed by atoms with van der Waals surface area (Å²) in [4.78, 5) is 0. The van der Waals surface area contributed by atoms with Crippen molar-refractivity contribution < 1.29 is 0 Å². The summed E-state index contributed by atoms with van der Waals surface area (Å²) in [6.07, 6.45) is 8.17. The fourth-order valence-corrected chi connectivity index (χ4v) is 2.97. The molecule has 112 valence electrons. The number of benzene rings is 1. The molecule has 1 aliphatic carbocycles. The molecule has 0 saturated heterocycles. The molecule has 1 saturated carbocycles. The van der Waals surface area contributed by atoms with E-state index in [1.165, 1.54) is 44.1 Å². The Morgan fingerprint density at radius 1 is 1.15 bits per heavy atom.